The van der Waals surface area contributed by atoms with Crippen LogP contribution >= 0.6 is 0 Å². The fourth-order valence-electron chi connectivity index (χ4n) is 12.8. The van der Waals surface area contributed by atoms with Crippen LogP contribution in [0.2, 0.25) is 0 Å². The highest BCUT2D eigenvalue weighted by atomic mass is 16.7. The number of hydrogen-bond donors (Lipinski definition) is 3. The Morgan fingerprint density at radius 3 is 2.22 bits per heavy atom. The van der Waals surface area contributed by atoms with E-state index in [-0.39, 0.29) is 24.1 Å². The molecule has 7 heteroatoms. The molecule has 4 fully saturated rings. The molecular formula is C53H90O7. The van der Waals surface area contributed by atoms with Gasteiger partial charge in [-0.15, -0.1) is 0 Å². The molecule has 1 saturated heterocycles. The van der Waals surface area contributed by atoms with Gasteiger partial charge in [-0.3, -0.25) is 4.79 Å². The molecule has 0 aromatic heterocycles. The topological polar surface area (TPSA) is 105 Å². The molecule has 60 heavy (non-hydrogen) atoms. The van der Waals surface area contributed by atoms with Gasteiger partial charge in [-0.25, -0.2) is 0 Å². The maximum Gasteiger partial charge on any atom is 0.305 e. The van der Waals surface area contributed by atoms with E-state index in [1.54, 1.807) is 0 Å². The van der Waals surface area contributed by atoms with E-state index in [0.717, 1.165) is 87.4 Å². The van der Waals surface area contributed by atoms with E-state index in [9.17, 15) is 20.1 Å². The highest BCUT2D eigenvalue weighted by Gasteiger charge is 2.59. The Balaban J connectivity index is 0.988. The van der Waals surface area contributed by atoms with Crippen molar-refractivity contribution in [3.63, 3.8) is 0 Å². The van der Waals surface area contributed by atoms with Crippen LogP contribution < -0.4 is 0 Å². The zero-order valence-electron chi connectivity index (χ0n) is 39.2. The van der Waals surface area contributed by atoms with Crippen LogP contribution in [0.15, 0.2) is 36.0 Å². The Hall–Kier alpha value is -1.51. The first-order chi connectivity index (χ1) is 28.9. The van der Waals surface area contributed by atoms with E-state index in [1.165, 1.54) is 102 Å². The van der Waals surface area contributed by atoms with E-state index in [2.05, 4.69) is 71.9 Å². The van der Waals surface area contributed by atoms with Crippen LogP contribution in [0.3, 0.4) is 0 Å². The van der Waals surface area contributed by atoms with Crippen LogP contribution in [-0.2, 0) is 19.0 Å². The number of ether oxygens (including phenoxy) is 3. The number of unbranched alkanes of at least 4 members (excludes halogenated alkanes) is 10. The van der Waals surface area contributed by atoms with Gasteiger partial charge in [0.15, 0.2) is 6.29 Å². The van der Waals surface area contributed by atoms with Gasteiger partial charge in [0, 0.05) is 6.42 Å². The third-order valence-corrected chi connectivity index (χ3v) is 16.5. The van der Waals surface area contributed by atoms with Crippen LogP contribution in [0.1, 0.15) is 202 Å². The van der Waals surface area contributed by atoms with Crippen LogP contribution in [0.25, 0.3) is 0 Å². The molecule has 1 aliphatic heterocycles. The summed E-state index contributed by atoms with van der Waals surface area (Å²) < 4.78 is 18.0. The van der Waals surface area contributed by atoms with Gasteiger partial charge >= 0.3 is 5.97 Å². The standard InChI is InChI=1S/C53H90O7/c1-7-8-9-10-11-12-13-14-15-16-17-18-19-20-21-22-23-27-47(54)58-37-46-48(55)49(56)50(57)51(60-46)59-41-32-34-52(5)40(36-41)28-29-42-44-31-30-43(39(4)26-24-25-38(2)3)53(44,6)35-33-45(42)52/h11-12,14-15,28,38-39,41-46,48-51,55-57H,7-10,13,16-27,29-37H2,1-6H3/b12-11-,15-14-/t39-,41+,42+,43-,44+,45+,46?,48-,49?,50?,51-,52+,53-/m1/s1. The van der Waals surface area contributed by atoms with Gasteiger partial charge in [0.2, 0.25) is 0 Å². The molecule has 3 unspecified atom stereocenters. The lowest BCUT2D eigenvalue weighted by Gasteiger charge is -2.58. The lowest BCUT2D eigenvalue weighted by atomic mass is 9.47. The lowest BCUT2D eigenvalue weighted by molar-refractivity contribution is -0.313. The molecule has 0 radical (unpaired) electrons. The average Bonchev–Trinajstić information content (AvgIpc) is 3.59. The molecular weight excluding hydrogens is 749 g/mol. The number of aliphatic hydroxyl groups is 3. The molecule has 0 aromatic carbocycles. The Kier molecular flexibility index (Phi) is 20.2. The second kappa shape index (κ2) is 24.5. The van der Waals surface area contributed by atoms with Crippen molar-refractivity contribution in [1.82, 2.24) is 0 Å². The molecule has 7 nitrogen and oxygen atoms in total. The van der Waals surface area contributed by atoms with Crippen molar-refractivity contribution >= 4 is 5.97 Å². The first-order valence-corrected chi connectivity index (χ1v) is 25.4. The fourth-order valence-corrected chi connectivity index (χ4v) is 12.8. The maximum absolute atomic E-state index is 12.6. The molecule has 344 valence electrons. The molecule has 4 aliphatic carbocycles. The van der Waals surface area contributed by atoms with Gasteiger partial charge < -0.3 is 29.5 Å². The summed E-state index contributed by atoms with van der Waals surface area (Å²) in [7, 11) is 0. The highest BCUT2D eigenvalue weighted by Crippen LogP contribution is 2.67. The number of esters is 1. The molecule has 3 saturated carbocycles. The van der Waals surface area contributed by atoms with Gasteiger partial charge in [0.25, 0.3) is 0 Å². The molecule has 0 amide bonds. The van der Waals surface area contributed by atoms with Gasteiger partial charge in [-0.05, 0) is 136 Å². The van der Waals surface area contributed by atoms with Crippen LogP contribution in [0.5, 0.6) is 0 Å². The molecule has 0 aromatic rings. The molecule has 13 atom stereocenters. The Morgan fingerprint density at radius 2 is 1.50 bits per heavy atom. The normalized spacial score (nSPS) is 36.0. The van der Waals surface area contributed by atoms with Crippen LogP contribution in [0, 0.1) is 46.3 Å². The Labute approximate surface area is 367 Å². The lowest BCUT2D eigenvalue weighted by Crippen LogP contribution is -2.60. The summed E-state index contributed by atoms with van der Waals surface area (Å²) in [5.74, 6) is 4.42. The van der Waals surface area contributed by atoms with Crippen molar-refractivity contribution in [2.75, 3.05) is 6.61 Å². The van der Waals surface area contributed by atoms with E-state index in [0.29, 0.717) is 17.8 Å². The Morgan fingerprint density at radius 1 is 0.800 bits per heavy atom. The molecule has 0 bridgehead atoms. The van der Waals surface area contributed by atoms with E-state index < -0.39 is 30.7 Å². The average molecular weight is 839 g/mol. The quantitative estimate of drug-likeness (QED) is 0.0478. The number of aliphatic hydroxyl groups excluding tert-OH is 3. The summed E-state index contributed by atoms with van der Waals surface area (Å²) in [6.07, 6.45) is 34.1. The SMILES string of the molecule is CCCCC/C=C\C/C=C\CCCCCCCCCC(=O)OCC1O[C@@H](O[C@H]2CC[C@@]3(C)C(=CC[C@H]4[C@@H]5CC[C@H]([C@H](C)CCCC(C)C)[C@@]5(C)CC[C@@H]43)C2)C(O)C(O)[C@@H]1O. The minimum Gasteiger partial charge on any atom is -0.463 e. The van der Waals surface area contributed by atoms with E-state index in [4.69, 9.17) is 14.2 Å². The van der Waals surface area contributed by atoms with Gasteiger partial charge in [-0.1, -0.05) is 142 Å². The number of rotatable bonds is 25. The maximum atomic E-state index is 12.6. The van der Waals surface area contributed by atoms with Crippen molar-refractivity contribution in [2.24, 2.45) is 46.3 Å². The first-order valence-electron chi connectivity index (χ1n) is 25.4. The van der Waals surface area contributed by atoms with Crippen LogP contribution in [0.4, 0.5) is 0 Å². The summed E-state index contributed by atoms with van der Waals surface area (Å²) in [6, 6.07) is 0. The minimum absolute atomic E-state index is 0.142. The summed E-state index contributed by atoms with van der Waals surface area (Å²) in [4.78, 5) is 12.6. The number of hydrogen-bond acceptors (Lipinski definition) is 7. The number of carbonyl (C=O) groups excluding carboxylic acids is 1. The van der Waals surface area contributed by atoms with Crippen molar-refractivity contribution in [3.05, 3.63) is 36.0 Å². The van der Waals surface area contributed by atoms with Gasteiger partial charge in [0.1, 0.15) is 31.0 Å². The zero-order valence-corrected chi connectivity index (χ0v) is 39.2. The number of allylic oxidation sites excluding steroid dienone is 5. The van der Waals surface area contributed by atoms with E-state index in [1.807, 2.05) is 0 Å². The predicted octanol–water partition coefficient (Wildman–Crippen LogP) is 12.4. The molecule has 1 heterocycles. The third-order valence-electron chi connectivity index (χ3n) is 16.5. The molecule has 3 N–H and O–H groups in total. The summed E-state index contributed by atoms with van der Waals surface area (Å²) >= 11 is 0. The monoisotopic (exact) mass is 839 g/mol. The first kappa shape index (κ1) is 49.5. The molecule has 5 rings (SSSR count). The minimum atomic E-state index is -1.45. The fraction of sp³-hybridized carbons (Fsp3) is 0.868. The second-order valence-electron chi connectivity index (χ2n) is 21.2. The van der Waals surface area contributed by atoms with Crippen molar-refractivity contribution in [3.8, 4) is 0 Å². The third kappa shape index (κ3) is 13.3. The highest BCUT2D eigenvalue weighted by molar-refractivity contribution is 5.69. The smallest absolute Gasteiger partial charge is 0.305 e. The predicted molar refractivity (Wildman–Crippen MR) is 244 cm³/mol. The molecule has 5 aliphatic rings. The van der Waals surface area contributed by atoms with Gasteiger partial charge in [-0.2, -0.15) is 0 Å². The summed E-state index contributed by atoms with van der Waals surface area (Å²) in [5, 5.41) is 32.5. The number of carbonyl (C=O) groups is 1. The van der Waals surface area contributed by atoms with Gasteiger partial charge in [0.05, 0.1) is 6.10 Å². The Bertz CT molecular complexity index is 1360. The summed E-state index contributed by atoms with van der Waals surface area (Å²) in [5.41, 5.74) is 2.14. The van der Waals surface area contributed by atoms with Crippen molar-refractivity contribution in [2.45, 2.75) is 239 Å². The molecule has 0 spiro atoms. The van der Waals surface area contributed by atoms with Crippen LogP contribution in [-0.4, -0.2) is 64.7 Å². The second-order valence-corrected chi connectivity index (χ2v) is 21.2. The van der Waals surface area contributed by atoms with E-state index >= 15 is 0 Å². The van der Waals surface area contributed by atoms with Crippen molar-refractivity contribution < 1.29 is 34.3 Å². The summed E-state index contributed by atoms with van der Waals surface area (Å²) in [6.45, 7) is 14.5. The number of fused-ring (bicyclic) bond motifs is 5. The largest absolute Gasteiger partial charge is 0.463 e. The zero-order chi connectivity index (χ0) is 43.1. The van der Waals surface area contributed by atoms with Crippen molar-refractivity contribution in [1.29, 1.82) is 0 Å².